The minimum absolute atomic E-state index is 0.121. The van der Waals surface area contributed by atoms with Gasteiger partial charge in [0.2, 0.25) is 11.8 Å². The zero-order chi connectivity index (χ0) is 25.0. The Labute approximate surface area is 197 Å². The number of ether oxygens (including phenoxy) is 1. The minimum Gasteiger partial charge on any atom is -0.379 e. The molecule has 0 fully saturated rings. The molecule has 0 saturated carbocycles. The molecule has 7 nitrogen and oxygen atoms in total. The number of carbonyl (C=O) groups is 3. The van der Waals surface area contributed by atoms with Crippen molar-refractivity contribution in [3.63, 3.8) is 0 Å². The number of benzene rings is 2. The fourth-order valence-corrected chi connectivity index (χ4v) is 4.02. The highest BCUT2D eigenvalue weighted by Gasteiger charge is 2.42. The number of fused-ring (bicyclic) bond motifs is 1. The molecule has 2 aromatic carbocycles. The fourth-order valence-electron chi connectivity index (χ4n) is 4.02. The maximum Gasteiger partial charge on any atom is 0.249 e. The van der Waals surface area contributed by atoms with Gasteiger partial charge >= 0.3 is 0 Å². The fraction of sp³-hybridized carbons (Fsp3) is 0.400. The molecule has 0 bridgehead atoms. The summed E-state index contributed by atoms with van der Waals surface area (Å²) in [4.78, 5) is 40.9. The number of nitrogens with zero attached hydrogens (tertiary/aromatic N) is 1. The Morgan fingerprint density at radius 2 is 1.74 bits per heavy atom. The molecule has 1 aliphatic rings. The third-order valence-electron chi connectivity index (χ3n) is 6.23. The van der Waals surface area contributed by atoms with Crippen LogP contribution < -0.4 is 10.6 Å². The van der Waals surface area contributed by atoms with E-state index in [9.17, 15) is 23.2 Å². The van der Waals surface area contributed by atoms with E-state index in [2.05, 4.69) is 10.6 Å². The first-order valence-electron chi connectivity index (χ1n) is 11.0. The summed E-state index contributed by atoms with van der Waals surface area (Å²) >= 11 is 0. The zero-order valence-corrected chi connectivity index (χ0v) is 19.6. The summed E-state index contributed by atoms with van der Waals surface area (Å²) in [6.07, 6.45) is -1.21. The first kappa shape index (κ1) is 25.5. The molecule has 0 spiro atoms. The average molecular weight is 474 g/mol. The van der Waals surface area contributed by atoms with Gasteiger partial charge in [-0.05, 0) is 44.2 Å². The number of carbonyl (C=O) groups excluding carboxylic acids is 3. The van der Waals surface area contributed by atoms with Crippen LogP contribution in [0.4, 0.5) is 8.78 Å². The number of amides is 2. The quantitative estimate of drug-likeness (QED) is 0.584. The van der Waals surface area contributed by atoms with Gasteiger partial charge in [0.1, 0.15) is 23.7 Å². The molecule has 0 saturated heterocycles. The van der Waals surface area contributed by atoms with Crippen molar-refractivity contribution in [1.29, 1.82) is 0 Å². The van der Waals surface area contributed by atoms with Gasteiger partial charge in [-0.2, -0.15) is 0 Å². The van der Waals surface area contributed by atoms with Crippen molar-refractivity contribution >= 4 is 17.6 Å². The van der Waals surface area contributed by atoms with E-state index in [0.29, 0.717) is 5.56 Å². The summed E-state index contributed by atoms with van der Waals surface area (Å²) in [5.74, 6) is -3.10. The van der Waals surface area contributed by atoms with Crippen LogP contribution in [0.1, 0.15) is 36.6 Å². The van der Waals surface area contributed by atoms with Gasteiger partial charge in [0, 0.05) is 25.6 Å². The number of ketones is 1. The standard InChI is InChI=1S/C25H29F2N3O4/c1-14(28-3)24(32)29-22(15(2)34-4)25(33)30-13-16-8-5-6-9-17(16)23(30)21(31)12-18-19(26)10-7-11-20(18)27/h5-11,14-15,22-23,28H,12-13H2,1-4H3,(H,29,32)/t14-,15+,22-,23-/m0/s1. The third kappa shape index (κ3) is 5.15. The second-order valence-corrected chi connectivity index (χ2v) is 8.35. The number of Topliss-reactive ketones (excluding diaryl/α,β-unsaturated/α-hetero) is 1. The Morgan fingerprint density at radius 3 is 2.35 bits per heavy atom. The predicted octanol–water partition coefficient (Wildman–Crippen LogP) is 2.29. The van der Waals surface area contributed by atoms with E-state index in [1.165, 1.54) is 18.1 Å². The van der Waals surface area contributed by atoms with E-state index >= 15 is 0 Å². The Morgan fingerprint density at radius 1 is 1.09 bits per heavy atom. The highest BCUT2D eigenvalue weighted by molar-refractivity contribution is 5.96. The van der Waals surface area contributed by atoms with E-state index < -0.39 is 59.9 Å². The van der Waals surface area contributed by atoms with E-state index in [0.717, 1.165) is 17.7 Å². The highest BCUT2D eigenvalue weighted by atomic mass is 19.1. The lowest BCUT2D eigenvalue weighted by atomic mass is 9.96. The van der Waals surface area contributed by atoms with Gasteiger partial charge in [-0.1, -0.05) is 30.3 Å². The number of likely N-dealkylation sites (N-methyl/N-ethyl adjacent to an activating group) is 1. The number of nitrogens with one attached hydrogen (secondary N) is 2. The lowest BCUT2D eigenvalue weighted by molar-refractivity contribution is -0.145. The second kappa shape index (κ2) is 10.8. The minimum atomic E-state index is -1.07. The second-order valence-electron chi connectivity index (χ2n) is 8.35. The van der Waals surface area contributed by atoms with Crippen LogP contribution in [-0.2, 0) is 32.1 Å². The van der Waals surface area contributed by atoms with Gasteiger partial charge in [0.15, 0.2) is 5.78 Å². The van der Waals surface area contributed by atoms with Gasteiger partial charge < -0.3 is 20.3 Å². The topological polar surface area (TPSA) is 87.7 Å². The largest absolute Gasteiger partial charge is 0.379 e. The van der Waals surface area contributed by atoms with Gasteiger partial charge in [0.05, 0.1) is 12.1 Å². The lowest BCUT2D eigenvalue weighted by Gasteiger charge is -2.32. The Balaban J connectivity index is 1.95. The van der Waals surface area contributed by atoms with Crippen LogP contribution >= 0.6 is 0 Å². The molecular formula is C25H29F2N3O4. The number of rotatable bonds is 9. The van der Waals surface area contributed by atoms with E-state index in [1.54, 1.807) is 45.2 Å². The zero-order valence-electron chi connectivity index (χ0n) is 19.6. The van der Waals surface area contributed by atoms with Gasteiger partial charge in [-0.25, -0.2) is 8.78 Å². The van der Waals surface area contributed by atoms with Crippen molar-refractivity contribution < 1.29 is 27.9 Å². The molecule has 0 aliphatic carbocycles. The van der Waals surface area contributed by atoms with Crippen LogP contribution in [0.2, 0.25) is 0 Å². The van der Waals surface area contributed by atoms with Crippen LogP contribution in [-0.4, -0.2) is 54.8 Å². The summed E-state index contributed by atoms with van der Waals surface area (Å²) in [7, 11) is 3.04. The van der Waals surface area contributed by atoms with Gasteiger partial charge in [-0.3, -0.25) is 14.4 Å². The van der Waals surface area contributed by atoms with Crippen molar-refractivity contribution in [2.24, 2.45) is 0 Å². The predicted molar refractivity (Wildman–Crippen MR) is 122 cm³/mol. The Kier molecular flexibility index (Phi) is 8.11. The maximum atomic E-state index is 14.2. The van der Waals surface area contributed by atoms with E-state index in [-0.39, 0.29) is 12.1 Å². The van der Waals surface area contributed by atoms with Crippen molar-refractivity contribution in [3.05, 3.63) is 70.8 Å². The summed E-state index contributed by atoms with van der Waals surface area (Å²) in [6.45, 7) is 3.41. The van der Waals surface area contributed by atoms with Crippen molar-refractivity contribution in [1.82, 2.24) is 15.5 Å². The number of halogens is 2. The van der Waals surface area contributed by atoms with Crippen molar-refractivity contribution in [2.45, 2.75) is 51.0 Å². The third-order valence-corrected chi connectivity index (χ3v) is 6.23. The summed E-state index contributed by atoms with van der Waals surface area (Å²) in [5, 5.41) is 5.51. The van der Waals surface area contributed by atoms with Crippen LogP contribution in [0.15, 0.2) is 42.5 Å². The van der Waals surface area contributed by atoms with Crippen LogP contribution in [0, 0.1) is 11.6 Å². The molecule has 0 radical (unpaired) electrons. The molecule has 2 amide bonds. The van der Waals surface area contributed by atoms with Gasteiger partial charge in [-0.15, -0.1) is 0 Å². The smallest absolute Gasteiger partial charge is 0.249 e. The van der Waals surface area contributed by atoms with Gasteiger partial charge in [0.25, 0.3) is 0 Å². The normalized spacial score (nSPS) is 17.6. The summed E-state index contributed by atoms with van der Waals surface area (Å²) in [6, 6.07) is 7.77. The highest BCUT2D eigenvalue weighted by Crippen LogP contribution is 2.36. The van der Waals surface area contributed by atoms with Crippen LogP contribution in [0.3, 0.4) is 0 Å². The molecule has 34 heavy (non-hydrogen) atoms. The first-order valence-corrected chi connectivity index (χ1v) is 11.0. The summed E-state index contributed by atoms with van der Waals surface area (Å²) in [5.41, 5.74) is 1.00. The SMILES string of the molecule is CN[C@@H](C)C(=O)N[C@H](C(=O)N1Cc2ccccc2[C@H]1C(=O)Cc1c(F)cccc1F)[C@@H](C)OC. The molecule has 9 heteroatoms. The average Bonchev–Trinajstić information content (AvgIpc) is 3.23. The van der Waals surface area contributed by atoms with E-state index in [4.69, 9.17) is 4.74 Å². The van der Waals surface area contributed by atoms with Crippen molar-refractivity contribution in [3.8, 4) is 0 Å². The number of hydrogen-bond donors (Lipinski definition) is 2. The lowest BCUT2D eigenvalue weighted by Crippen LogP contribution is -2.57. The molecule has 1 heterocycles. The molecule has 1 aliphatic heterocycles. The van der Waals surface area contributed by atoms with Crippen LogP contribution in [0.25, 0.3) is 0 Å². The molecule has 0 aromatic heterocycles. The molecule has 2 N–H and O–H groups in total. The van der Waals surface area contributed by atoms with Crippen LogP contribution in [0.5, 0.6) is 0 Å². The number of methoxy groups -OCH3 is 1. The molecule has 3 rings (SSSR count). The molecular weight excluding hydrogens is 444 g/mol. The van der Waals surface area contributed by atoms with Crippen molar-refractivity contribution in [2.75, 3.05) is 14.2 Å². The monoisotopic (exact) mass is 473 g/mol. The molecule has 2 aromatic rings. The Hall–Kier alpha value is -3.17. The summed E-state index contributed by atoms with van der Waals surface area (Å²) < 4.78 is 33.8. The first-order chi connectivity index (χ1) is 16.2. The maximum absolute atomic E-state index is 14.2. The number of hydrogen-bond acceptors (Lipinski definition) is 5. The van der Waals surface area contributed by atoms with E-state index in [1.807, 2.05) is 0 Å². The Bertz CT molecular complexity index is 1060. The molecule has 4 atom stereocenters. The molecule has 0 unspecified atom stereocenters. The molecule has 182 valence electrons.